The molecule has 1 aromatic heterocycles. The van der Waals surface area contributed by atoms with Gasteiger partial charge in [-0.1, -0.05) is 0 Å². The van der Waals surface area contributed by atoms with Crippen LogP contribution >= 0.6 is 15.9 Å². The maximum absolute atomic E-state index is 9.01. The highest BCUT2D eigenvalue weighted by Crippen LogP contribution is 2.38. The van der Waals surface area contributed by atoms with Gasteiger partial charge in [0.15, 0.2) is 0 Å². The zero-order valence-corrected chi connectivity index (χ0v) is 12.0. The molecule has 1 saturated carbocycles. The van der Waals surface area contributed by atoms with E-state index in [4.69, 9.17) is 9.84 Å². The van der Waals surface area contributed by atoms with Crippen molar-refractivity contribution in [3.05, 3.63) is 16.5 Å². The monoisotopic (exact) mass is 315 g/mol. The molecule has 1 heterocycles. The maximum Gasteiger partial charge on any atom is 0.135 e. The molecule has 100 valence electrons. The lowest BCUT2D eigenvalue weighted by atomic mass is 10.2. The van der Waals surface area contributed by atoms with Gasteiger partial charge in [0.25, 0.3) is 0 Å². The summed E-state index contributed by atoms with van der Waals surface area (Å²) in [5.74, 6) is 2.20. The van der Waals surface area contributed by atoms with Crippen molar-refractivity contribution in [1.29, 1.82) is 0 Å². The molecule has 6 heteroatoms. The molecule has 0 aliphatic heterocycles. The SMILES string of the molecule is COCC(CCO)Nc1cc(Br)nc(C2CC2)n1. The zero-order valence-electron chi connectivity index (χ0n) is 10.4. The number of rotatable bonds is 7. The minimum Gasteiger partial charge on any atom is -0.396 e. The van der Waals surface area contributed by atoms with Crippen molar-refractivity contribution in [3.63, 3.8) is 0 Å². The van der Waals surface area contributed by atoms with E-state index in [0.717, 1.165) is 16.2 Å². The molecule has 0 amide bonds. The fraction of sp³-hybridized carbons (Fsp3) is 0.667. The van der Waals surface area contributed by atoms with Crippen LogP contribution in [-0.2, 0) is 4.74 Å². The topological polar surface area (TPSA) is 67.3 Å². The summed E-state index contributed by atoms with van der Waals surface area (Å²) in [6.45, 7) is 0.670. The Morgan fingerprint density at radius 2 is 2.33 bits per heavy atom. The van der Waals surface area contributed by atoms with Crippen LogP contribution in [0.15, 0.2) is 10.7 Å². The number of methoxy groups -OCH3 is 1. The van der Waals surface area contributed by atoms with Gasteiger partial charge < -0.3 is 15.2 Å². The fourth-order valence-corrected chi connectivity index (χ4v) is 2.20. The van der Waals surface area contributed by atoms with Crippen LogP contribution in [0, 0.1) is 0 Å². The van der Waals surface area contributed by atoms with E-state index < -0.39 is 0 Å². The van der Waals surface area contributed by atoms with Crippen LogP contribution in [0.25, 0.3) is 0 Å². The molecule has 1 unspecified atom stereocenters. The van der Waals surface area contributed by atoms with Gasteiger partial charge in [-0.25, -0.2) is 9.97 Å². The van der Waals surface area contributed by atoms with Crippen LogP contribution in [0.4, 0.5) is 5.82 Å². The smallest absolute Gasteiger partial charge is 0.135 e. The number of halogens is 1. The van der Waals surface area contributed by atoms with E-state index in [-0.39, 0.29) is 12.6 Å². The molecule has 0 saturated heterocycles. The molecule has 2 N–H and O–H groups in total. The number of aliphatic hydroxyl groups is 1. The molecule has 18 heavy (non-hydrogen) atoms. The Kier molecular flexibility index (Phi) is 4.91. The zero-order chi connectivity index (χ0) is 13.0. The van der Waals surface area contributed by atoms with Crippen molar-refractivity contribution >= 4 is 21.7 Å². The van der Waals surface area contributed by atoms with Gasteiger partial charge in [-0.05, 0) is 35.2 Å². The molecule has 0 aromatic carbocycles. The van der Waals surface area contributed by atoms with E-state index in [2.05, 4.69) is 31.2 Å². The second kappa shape index (κ2) is 6.45. The van der Waals surface area contributed by atoms with Gasteiger partial charge in [-0.15, -0.1) is 0 Å². The van der Waals surface area contributed by atoms with E-state index in [1.165, 1.54) is 12.8 Å². The molecule has 1 atom stereocenters. The van der Waals surface area contributed by atoms with E-state index in [1.807, 2.05) is 6.07 Å². The van der Waals surface area contributed by atoms with Crippen molar-refractivity contribution in [3.8, 4) is 0 Å². The molecule has 0 spiro atoms. The van der Waals surface area contributed by atoms with Gasteiger partial charge in [-0.2, -0.15) is 0 Å². The fourth-order valence-electron chi connectivity index (χ4n) is 1.80. The first kappa shape index (κ1) is 13.7. The van der Waals surface area contributed by atoms with Crippen molar-refractivity contribution in [2.24, 2.45) is 0 Å². The number of anilines is 1. The van der Waals surface area contributed by atoms with E-state index in [0.29, 0.717) is 18.9 Å². The predicted molar refractivity (Wildman–Crippen MR) is 72.7 cm³/mol. The largest absolute Gasteiger partial charge is 0.396 e. The van der Waals surface area contributed by atoms with Crippen molar-refractivity contribution < 1.29 is 9.84 Å². The standard InChI is InChI=1S/C12H18BrN3O2/c1-18-7-9(4-5-17)14-11-6-10(13)15-12(16-11)8-2-3-8/h6,8-9,17H,2-5,7H2,1H3,(H,14,15,16). The third-order valence-corrected chi connectivity index (χ3v) is 3.26. The van der Waals surface area contributed by atoms with Crippen molar-refractivity contribution in [2.45, 2.75) is 31.2 Å². The quantitative estimate of drug-likeness (QED) is 0.752. The Balaban J connectivity index is 2.06. The highest BCUT2D eigenvalue weighted by Gasteiger charge is 2.27. The van der Waals surface area contributed by atoms with Gasteiger partial charge in [0.05, 0.1) is 12.6 Å². The lowest BCUT2D eigenvalue weighted by Gasteiger charge is -2.17. The lowest BCUT2D eigenvalue weighted by molar-refractivity contribution is 0.170. The number of hydrogen-bond donors (Lipinski definition) is 2. The molecule has 1 fully saturated rings. The van der Waals surface area contributed by atoms with E-state index in [9.17, 15) is 0 Å². The third kappa shape index (κ3) is 3.90. The van der Waals surface area contributed by atoms with E-state index >= 15 is 0 Å². The average Bonchev–Trinajstić information content (AvgIpc) is 3.12. The van der Waals surface area contributed by atoms with Crippen LogP contribution in [0.1, 0.15) is 31.0 Å². The summed E-state index contributed by atoms with van der Waals surface area (Å²) in [6.07, 6.45) is 2.98. The molecule has 1 aliphatic rings. The van der Waals surface area contributed by atoms with E-state index in [1.54, 1.807) is 7.11 Å². The number of ether oxygens (including phenoxy) is 1. The van der Waals surface area contributed by atoms with Crippen molar-refractivity contribution in [1.82, 2.24) is 9.97 Å². The second-order valence-electron chi connectivity index (χ2n) is 4.52. The molecule has 5 nitrogen and oxygen atoms in total. The van der Waals surface area contributed by atoms with Crippen LogP contribution in [0.2, 0.25) is 0 Å². The molecule has 1 aromatic rings. The van der Waals surface area contributed by atoms with Gasteiger partial charge in [-0.3, -0.25) is 0 Å². The molecule has 2 rings (SSSR count). The first-order valence-corrected chi connectivity index (χ1v) is 6.93. The summed E-state index contributed by atoms with van der Waals surface area (Å²) in [5, 5.41) is 12.3. The molecular formula is C12H18BrN3O2. The number of hydrogen-bond acceptors (Lipinski definition) is 5. The summed E-state index contributed by atoms with van der Waals surface area (Å²) in [6, 6.07) is 1.92. The van der Waals surface area contributed by atoms with Crippen LogP contribution in [-0.4, -0.2) is 41.4 Å². The molecule has 0 bridgehead atoms. The van der Waals surface area contributed by atoms with Crippen LogP contribution in [0.3, 0.4) is 0 Å². The Morgan fingerprint density at radius 1 is 1.56 bits per heavy atom. The summed E-state index contributed by atoms with van der Waals surface area (Å²) in [5.41, 5.74) is 0. The summed E-state index contributed by atoms with van der Waals surface area (Å²) >= 11 is 3.41. The average molecular weight is 316 g/mol. The normalized spacial score (nSPS) is 16.6. The minimum absolute atomic E-state index is 0.0638. The summed E-state index contributed by atoms with van der Waals surface area (Å²) in [4.78, 5) is 8.89. The number of nitrogens with zero attached hydrogens (tertiary/aromatic N) is 2. The highest BCUT2D eigenvalue weighted by molar-refractivity contribution is 9.10. The van der Waals surface area contributed by atoms with Gasteiger partial charge in [0, 0.05) is 25.7 Å². The van der Waals surface area contributed by atoms with Crippen LogP contribution in [0.5, 0.6) is 0 Å². The Bertz CT molecular complexity index is 393. The summed E-state index contributed by atoms with van der Waals surface area (Å²) < 4.78 is 5.91. The van der Waals surface area contributed by atoms with Crippen molar-refractivity contribution in [2.75, 3.05) is 25.6 Å². The lowest BCUT2D eigenvalue weighted by Crippen LogP contribution is -2.26. The highest BCUT2D eigenvalue weighted by atomic mass is 79.9. The third-order valence-electron chi connectivity index (χ3n) is 2.85. The Labute approximate surface area is 115 Å². The summed E-state index contributed by atoms with van der Waals surface area (Å²) in [7, 11) is 1.65. The van der Waals surface area contributed by atoms with Crippen LogP contribution < -0.4 is 5.32 Å². The first-order chi connectivity index (χ1) is 8.72. The van der Waals surface area contributed by atoms with Gasteiger partial charge in [0.2, 0.25) is 0 Å². The number of nitrogens with one attached hydrogen (secondary N) is 1. The first-order valence-electron chi connectivity index (χ1n) is 6.13. The predicted octanol–water partition coefficient (Wildman–Crippen LogP) is 1.93. The second-order valence-corrected chi connectivity index (χ2v) is 5.33. The minimum atomic E-state index is 0.0638. The number of aliphatic hydroxyl groups excluding tert-OH is 1. The molecule has 0 radical (unpaired) electrons. The van der Waals surface area contributed by atoms with Gasteiger partial charge in [0.1, 0.15) is 16.2 Å². The van der Waals surface area contributed by atoms with Gasteiger partial charge >= 0.3 is 0 Å². The Hall–Kier alpha value is -0.720. The molecular weight excluding hydrogens is 298 g/mol. The molecule has 1 aliphatic carbocycles. The number of aromatic nitrogens is 2. The maximum atomic E-state index is 9.01. The Morgan fingerprint density at radius 3 is 2.94 bits per heavy atom.